The van der Waals surface area contributed by atoms with E-state index >= 15 is 0 Å². The Labute approximate surface area is 178 Å². The molecular formula is C17H26O9Zr. The van der Waals surface area contributed by atoms with Crippen LogP contribution in [0, 0.1) is 6.92 Å². The topological polar surface area (TPSA) is 172 Å². The molecular weight excluding hydrogens is 439 g/mol. The van der Waals surface area contributed by atoms with Crippen LogP contribution in [0.15, 0.2) is 0 Å². The zero-order chi connectivity index (χ0) is 21.7. The molecule has 9 nitrogen and oxygen atoms in total. The maximum atomic E-state index is 10.2. The van der Waals surface area contributed by atoms with E-state index in [9.17, 15) is 44.1 Å². The fourth-order valence-electron chi connectivity index (χ4n) is 0.858. The zero-order valence-corrected chi connectivity index (χ0v) is 18.6. The third-order valence-corrected chi connectivity index (χ3v) is 2.21. The van der Waals surface area contributed by atoms with Gasteiger partial charge < -0.3 is 36.6 Å². The first-order valence-electron chi connectivity index (χ1n) is 7.85. The Bertz CT molecular complexity index is 393. The maximum absolute atomic E-state index is 10.2. The molecule has 0 aromatic carbocycles. The number of rotatable bonds is 9. The van der Waals surface area contributed by atoms with Crippen molar-refractivity contribution < 1.29 is 70.3 Å². The second-order valence-electron chi connectivity index (χ2n) is 4.32. The fraction of sp³-hybridized carbons (Fsp3) is 0.588. The summed E-state index contributed by atoms with van der Waals surface area (Å²) in [7, 11) is 0. The van der Waals surface area contributed by atoms with Gasteiger partial charge in [0.25, 0.3) is 0 Å². The first-order valence-corrected chi connectivity index (χ1v) is 7.85. The van der Waals surface area contributed by atoms with Crippen LogP contribution in [0.5, 0.6) is 0 Å². The van der Waals surface area contributed by atoms with Gasteiger partial charge in [0, 0.05) is 56.4 Å². The summed E-state index contributed by atoms with van der Waals surface area (Å²) in [5.41, 5.74) is 0. The van der Waals surface area contributed by atoms with Gasteiger partial charge in [0.1, 0.15) is 17.3 Å². The molecule has 0 heterocycles. The molecule has 0 aliphatic rings. The van der Waals surface area contributed by atoms with Crippen molar-refractivity contribution >= 4 is 35.3 Å². The standard InChI is InChI=1S/3C5H8O3.C2H5.Zr/c3*1-2-4(6)3-5(7)8;1-2;/h3*2-3H2,1H3,(H,7,8);1H2,2H3;/q;;;-1;+4/p-3. The van der Waals surface area contributed by atoms with Crippen LogP contribution in [-0.4, -0.2) is 35.3 Å². The molecule has 0 aromatic heterocycles. The predicted molar refractivity (Wildman–Crippen MR) is 85.8 cm³/mol. The molecule has 0 aliphatic carbocycles. The minimum Gasteiger partial charge on any atom is -0.550 e. The largest absolute Gasteiger partial charge is 4.00 e. The van der Waals surface area contributed by atoms with Crippen LogP contribution in [0.1, 0.15) is 66.2 Å². The van der Waals surface area contributed by atoms with E-state index in [2.05, 4.69) is 6.92 Å². The summed E-state index contributed by atoms with van der Waals surface area (Å²) >= 11 is 0. The number of hydrogen-bond acceptors (Lipinski definition) is 9. The van der Waals surface area contributed by atoms with Crippen LogP contribution in [-0.2, 0) is 55.0 Å². The molecule has 0 unspecified atom stereocenters. The van der Waals surface area contributed by atoms with Gasteiger partial charge in [-0.15, -0.1) is 0 Å². The van der Waals surface area contributed by atoms with Crippen LogP contribution in [0.4, 0.5) is 0 Å². The van der Waals surface area contributed by atoms with Crippen LogP contribution >= 0.6 is 0 Å². The Morgan fingerprint density at radius 3 is 0.741 bits per heavy atom. The molecule has 0 atom stereocenters. The van der Waals surface area contributed by atoms with Gasteiger partial charge >= 0.3 is 26.2 Å². The summed E-state index contributed by atoms with van der Waals surface area (Å²) in [6.45, 7) is 9.85. The van der Waals surface area contributed by atoms with Crippen LogP contribution in [0.25, 0.3) is 0 Å². The van der Waals surface area contributed by atoms with Crippen molar-refractivity contribution in [2.75, 3.05) is 0 Å². The van der Waals surface area contributed by atoms with Gasteiger partial charge in [-0.3, -0.25) is 14.4 Å². The van der Waals surface area contributed by atoms with E-state index in [4.69, 9.17) is 0 Å². The van der Waals surface area contributed by atoms with Crippen LogP contribution < -0.4 is 15.3 Å². The smallest absolute Gasteiger partial charge is 0.550 e. The number of Topliss-reactive ketones (excluding diaryl/α,β-unsaturated/α-hetero) is 3. The Kier molecular flexibility index (Phi) is 35.6. The second-order valence-corrected chi connectivity index (χ2v) is 4.32. The van der Waals surface area contributed by atoms with Crippen molar-refractivity contribution in [3.05, 3.63) is 6.92 Å². The average Bonchev–Trinajstić information content (AvgIpc) is 2.55. The SMILES string of the molecule is CCC(=O)CC(=O)[O-].CCC(=O)CC(=O)[O-].CCC(=O)CC(=O)[O-].[CH2-]C.[Zr+4]. The van der Waals surface area contributed by atoms with E-state index < -0.39 is 37.2 Å². The van der Waals surface area contributed by atoms with Gasteiger partial charge in [0.2, 0.25) is 0 Å². The molecule has 0 spiro atoms. The predicted octanol–water partition coefficient (Wildman–Crippen LogP) is -1.85. The summed E-state index contributed by atoms with van der Waals surface area (Å²) in [6, 6.07) is 0. The minimum absolute atomic E-state index is 0. The fourth-order valence-corrected chi connectivity index (χ4v) is 0.858. The third-order valence-electron chi connectivity index (χ3n) is 2.21. The molecule has 0 bridgehead atoms. The molecule has 0 aromatic rings. The summed E-state index contributed by atoms with van der Waals surface area (Å²) in [5.74, 6) is -4.74. The van der Waals surface area contributed by atoms with Crippen molar-refractivity contribution in [3.63, 3.8) is 0 Å². The number of ketones is 3. The zero-order valence-electron chi connectivity index (χ0n) is 16.1. The normalized spacial score (nSPS) is 7.89. The van der Waals surface area contributed by atoms with E-state index in [1.807, 2.05) is 0 Å². The molecule has 0 saturated heterocycles. The molecule has 27 heavy (non-hydrogen) atoms. The number of carboxylic acid groups (broad SMARTS) is 3. The molecule has 152 valence electrons. The monoisotopic (exact) mass is 464 g/mol. The first kappa shape index (κ1) is 36.3. The molecule has 0 amide bonds. The van der Waals surface area contributed by atoms with Crippen LogP contribution in [0.3, 0.4) is 0 Å². The van der Waals surface area contributed by atoms with Crippen LogP contribution in [0.2, 0.25) is 0 Å². The van der Waals surface area contributed by atoms with Crippen molar-refractivity contribution in [1.82, 2.24) is 0 Å². The number of carboxylic acids is 3. The summed E-state index contributed by atoms with van der Waals surface area (Å²) < 4.78 is 0. The first-order chi connectivity index (χ1) is 12.0. The van der Waals surface area contributed by atoms with Crippen molar-refractivity contribution in [1.29, 1.82) is 0 Å². The van der Waals surface area contributed by atoms with Crippen molar-refractivity contribution in [2.45, 2.75) is 66.2 Å². The van der Waals surface area contributed by atoms with E-state index in [-0.39, 0.29) is 62.8 Å². The van der Waals surface area contributed by atoms with E-state index in [1.165, 1.54) is 0 Å². The van der Waals surface area contributed by atoms with Gasteiger partial charge in [0.15, 0.2) is 0 Å². The van der Waals surface area contributed by atoms with Crippen molar-refractivity contribution in [3.8, 4) is 0 Å². The Hall–Kier alpha value is -1.70. The average molecular weight is 466 g/mol. The molecule has 0 saturated carbocycles. The quantitative estimate of drug-likeness (QED) is 0.280. The van der Waals surface area contributed by atoms with Gasteiger partial charge in [-0.2, -0.15) is 6.92 Å². The van der Waals surface area contributed by atoms with Crippen molar-refractivity contribution in [2.24, 2.45) is 0 Å². The second kappa shape index (κ2) is 26.5. The van der Waals surface area contributed by atoms with E-state index in [0.29, 0.717) is 0 Å². The number of carbonyl (C=O) groups is 6. The third kappa shape index (κ3) is 45.5. The number of aliphatic carboxylic acids is 3. The maximum Gasteiger partial charge on any atom is 4.00 e. The molecule has 0 radical (unpaired) electrons. The number of hydrogen-bond donors (Lipinski definition) is 0. The molecule has 10 heteroatoms. The summed E-state index contributed by atoms with van der Waals surface area (Å²) in [6.07, 6.45) is -0.528. The van der Waals surface area contributed by atoms with E-state index in [0.717, 1.165) is 0 Å². The Morgan fingerprint density at radius 2 is 0.704 bits per heavy atom. The summed E-state index contributed by atoms with van der Waals surface area (Å²) in [5, 5.41) is 28.9. The Balaban J connectivity index is -0.0000000840. The van der Waals surface area contributed by atoms with Gasteiger partial charge in [-0.1, -0.05) is 20.8 Å². The summed E-state index contributed by atoms with van der Waals surface area (Å²) in [4.78, 5) is 59.5. The van der Waals surface area contributed by atoms with E-state index in [1.54, 1.807) is 27.7 Å². The molecule has 0 aliphatic heterocycles. The van der Waals surface area contributed by atoms with Gasteiger partial charge in [0.05, 0.1) is 0 Å². The minimum atomic E-state index is -1.29. The molecule has 0 N–H and O–H groups in total. The molecule has 0 rings (SSSR count). The van der Waals surface area contributed by atoms with Gasteiger partial charge in [-0.25, -0.2) is 0 Å². The Morgan fingerprint density at radius 1 is 0.556 bits per heavy atom. The number of carbonyl (C=O) groups excluding carboxylic acids is 6. The molecule has 0 fully saturated rings. The van der Waals surface area contributed by atoms with Gasteiger partial charge in [-0.05, 0) is 0 Å².